The van der Waals surface area contributed by atoms with Crippen LogP contribution in [0.5, 0.6) is 11.5 Å². The average Bonchev–Trinajstić information content (AvgIpc) is 2.87. The summed E-state index contributed by atoms with van der Waals surface area (Å²) in [5, 5.41) is 23.1. The minimum atomic E-state index is -3.07. The Balaban J connectivity index is 0.000000482. The van der Waals surface area contributed by atoms with E-state index in [-0.39, 0.29) is 31.1 Å². The highest BCUT2D eigenvalue weighted by molar-refractivity contribution is 5.95. The van der Waals surface area contributed by atoms with Crippen LogP contribution in [-0.4, -0.2) is 54.5 Å². The molecule has 10 nitrogen and oxygen atoms in total. The molecule has 0 amide bonds. The molecule has 2 aromatic carbocycles. The molecule has 0 spiro atoms. The first-order valence-corrected chi connectivity index (χ1v) is 11.7. The highest BCUT2D eigenvalue weighted by Gasteiger charge is 2.42. The molecule has 0 aliphatic heterocycles. The summed E-state index contributed by atoms with van der Waals surface area (Å²) in [5.74, 6) is -0.00506. The van der Waals surface area contributed by atoms with E-state index in [1.807, 2.05) is 24.3 Å². The van der Waals surface area contributed by atoms with E-state index in [2.05, 4.69) is 0 Å². The van der Waals surface area contributed by atoms with Crippen molar-refractivity contribution < 1.29 is 28.2 Å². The number of ether oxygens (including phenoxy) is 2. The fourth-order valence-corrected chi connectivity index (χ4v) is 2.93. The van der Waals surface area contributed by atoms with Gasteiger partial charge in [-0.3, -0.25) is 10.8 Å². The first-order valence-electron chi connectivity index (χ1n) is 11.7. The van der Waals surface area contributed by atoms with Gasteiger partial charge in [0.05, 0.1) is 13.2 Å². The molecule has 2 rings (SSSR count). The number of carboxylic acid groups (broad SMARTS) is 1. The Morgan fingerprint density at radius 1 is 0.838 bits per heavy atom. The number of nitrogens with two attached hydrogens (primary N) is 4. The van der Waals surface area contributed by atoms with Crippen LogP contribution in [0.1, 0.15) is 43.2 Å². The lowest BCUT2D eigenvalue weighted by atomic mass is 9.95. The lowest BCUT2D eigenvalue weighted by molar-refractivity contribution is -0.150. The van der Waals surface area contributed by atoms with Crippen molar-refractivity contribution in [1.29, 1.82) is 10.8 Å². The van der Waals surface area contributed by atoms with Crippen LogP contribution in [0.4, 0.5) is 8.78 Å². The topological polar surface area (TPSA) is 208 Å². The summed E-state index contributed by atoms with van der Waals surface area (Å²) in [4.78, 5) is 10.3. The third-order valence-electron chi connectivity index (χ3n) is 5.24. The van der Waals surface area contributed by atoms with Gasteiger partial charge in [-0.25, -0.2) is 13.6 Å². The second kappa shape index (κ2) is 16.1. The number of benzene rings is 2. The van der Waals surface area contributed by atoms with Gasteiger partial charge in [0.2, 0.25) is 0 Å². The van der Waals surface area contributed by atoms with Gasteiger partial charge in [0, 0.05) is 11.1 Å². The van der Waals surface area contributed by atoms with Crippen molar-refractivity contribution in [1.82, 2.24) is 0 Å². The van der Waals surface area contributed by atoms with Gasteiger partial charge in [0.1, 0.15) is 23.2 Å². The van der Waals surface area contributed by atoms with Crippen molar-refractivity contribution in [3.63, 3.8) is 0 Å². The Labute approximate surface area is 214 Å². The number of nitrogens with one attached hydrogen (secondary N) is 2. The molecule has 0 bridgehead atoms. The van der Waals surface area contributed by atoms with Crippen molar-refractivity contribution in [2.75, 3.05) is 19.8 Å². The Kier molecular flexibility index (Phi) is 13.6. The van der Waals surface area contributed by atoms with Crippen LogP contribution in [0.15, 0.2) is 48.5 Å². The first-order chi connectivity index (χ1) is 17.5. The fourth-order valence-electron chi connectivity index (χ4n) is 2.93. The number of nitrogen functional groups attached to an aromatic ring is 2. The summed E-state index contributed by atoms with van der Waals surface area (Å²) in [5.41, 5.74) is 19.8. The van der Waals surface area contributed by atoms with Gasteiger partial charge >= 0.3 is 5.97 Å². The van der Waals surface area contributed by atoms with Crippen LogP contribution >= 0.6 is 0 Å². The van der Waals surface area contributed by atoms with Crippen molar-refractivity contribution in [2.24, 2.45) is 22.9 Å². The Morgan fingerprint density at radius 3 is 1.54 bits per heavy atom. The number of rotatable bonds is 15. The number of unbranched alkanes of at least 4 members (excludes halogenated alkanes) is 2. The minimum Gasteiger partial charge on any atom is -0.494 e. The summed E-state index contributed by atoms with van der Waals surface area (Å²) in [6.45, 7) is 1.44. The molecule has 11 N–H and O–H groups in total. The third kappa shape index (κ3) is 11.2. The average molecular weight is 523 g/mol. The molecule has 0 saturated heterocycles. The predicted molar refractivity (Wildman–Crippen MR) is 139 cm³/mol. The van der Waals surface area contributed by atoms with E-state index < -0.39 is 17.9 Å². The molecule has 204 valence electrons. The van der Waals surface area contributed by atoms with Gasteiger partial charge in [0.15, 0.2) is 5.54 Å². The van der Waals surface area contributed by atoms with Crippen LogP contribution in [0.3, 0.4) is 0 Å². The highest BCUT2D eigenvalue weighted by atomic mass is 19.3. The maximum Gasteiger partial charge on any atom is 0.329 e. The maximum atomic E-state index is 12.1. The molecule has 0 aromatic heterocycles. The second-order valence-electron chi connectivity index (χ2n) is 8.17. The Morgan fingerprint density at radius 2 is 1.24 bits per heavy atom. The molecular formula is C25H36F2N6O4. The maximum absolute atomic E-state index is 12.1. The molecule has 37 heavy (non-hydrogen) atoms. The summed E-state index contributed by atoms with van der Waals surface area (Å²) >= 11 is 0. The van der Waals surface area contributed by atoms with E-state index in [4.69, 9.17) is 48.3 Å². The molecule has 1 atom stereocenters. The quantitative estimate of drug-likeness (QED) is 0.105. The van der Waals surface area contributed by atoms with Crippen LogP contribution in [0.2, 0.25) is 0 Å². The van der Waals surface area contributed by atoms with Crippen molar-refractivity contribution >= 4 is 17.6 Å². The van der Waals surface area contributed by atoms with Crippen LogP contribution in [0.25, 0.3) is 0 Å². The molecule has 0 heterocycles. The monoisotopic (exact) mass is 522 g/mol. The highest BCUT2D eigenvalue weighted by Crippen LogP contribution is 2.19. The van der Waals surface area contributed by atoms with E-state index in [1.54, 1.807) is 24.3 Å². The van der Waals surface area contributed by atoms with Crippen molar-refractivity contribution in [3.05, 3.63) is 59.7 Å². The second-order valence-corrected chi connectivity index (χ2v) is 8.17. The molecule has 1 unspecified atom stereocenters. The molecular weight excluding hydrogens is 486 g/mol. The van der Waals surface area contributed by atoms with Gasteiger partial charge in [-0.2, -0.15) is 0 Å². The zero-order valence-corrected chi connectivity index (χ0v) is 20.6. The van der Waals surface area contributed by atoms with Crippen LogP contribution in [0, 0.1) is 10.8 Å². The first kappa shape index (κ1) is 31.3. The largest absolute Gasteiger partial charge is 0.494 e. The zero-order chi connectivity index (χ0) is 27.8. The number of halogens is 2. The third-order valence-corrected chi connectivity index (χ3v) is 5.24. The number of aliphatic carboxylic acids is 1. The smallest absolute Gasteiger partial charge is 0.329 e. The van der Waals surface area contributed by atoms with Crippen LogP contribution < -0.4 is 32.4 Å². The van der Waals surface area contributed by atoms with Gasteiger partial charge in [-0.15, -0.1) is 0 Å². The SMILES string of the molecule is N=C(N)c1ccc(OCCCCCOc2ccc(C(=N)N)cc2)cc1.NCCCC(N)(C(=O)O)C(F)F. The number of alkyl halides is 2. The predicted octanol–water partition coefficient (Wildman–Crippen LogP) is 2.66. The van der Waals surface area contributed by atoms with Crippen molar-refractivity contribution in [2.45, 2.75) is 44.1 Å². The van der Waals surface area contributed by atoms with Crippen molar-refractivity contribution in [3.8, 4) is 11.5 Å². The minimum absolute atomic E-state index is 0.0579. The van der Waals surface area contributed by atoms with Gasteiger partial charge in [0.25, 0.3) is 6.43 Å². The number of carboxylic acids is 1. The molecule has 0 aliphatic rings. The molecule has 0 fully saturated rings. The molecule has 0 radical (unpaired) electrons. The molecule has 0 saturated carbocycles. The lowest BCUT2D eigenvalue weighted by Crippen LogP contribution is -2.54. The number of amidine groups is 2. The zero-order valence-electron chi connectivity index (χ0n) is 20.6. The molecule has 0 aliphatic carbocycles. The number of carbonyl (C=O) groups is 1. The lowest BCUT2D eigenvalue weighted by Gasteiger charge is -2.22. The van der Waals surface area contributed by atoms with E-state index in [0.29, 0.717) is 24.3 Å². The fraction of sp³-hybridized carbons (Fsp3) is 0.400. The van der Waals surface area contributed by atoms with Gasteiger partial charge in [-0.1, -0.05) is 0 Å². The summed E-state index contributed by atoms with van der Waals surface area (Å²) in [6.07, 6.45) is -0.301. The van der Waals surface area contributed by atoms with Gasteiger partial charge < -0.3 is 37.5 Å². The van der Waals surface area contributed by atoms with E-state index in [9.17, 15) is 13.6 Å². The van der Waals surface area contributed by atoms with E-state index in [0.717, 1.165) is 30.8 Å². The number of hydrogen-bond donors (Lipinski definition) is 7. The Hall–Kier alpha value is -3.77. The summed E-state index contributed by atoms with van der Waals surface area (Å²) in [7, 11) is 0. The van der Waals surface area contributed by atoms with Crippen LogP contribution in [-0.2, 0) is 4.79 Å². The summed E-state index contributed by atoms with van der Waals surface area (Å²) in [6, 6.07) is 14.4. The molecule has 2 aromatic rings. The molecule has 12 heteroatoms. The normalized spacial score (nSPS) is 12.1. The standard InChI is InChI=1S/C19H24N4O2.C6H12F2N2O2/c20-18(21)14-4-8-16(9-5-14)24-12-2-1-3-13-25-17-10-6-15(7-11-17)19(22)23;7-4(8)6(10,5(11)12)2-1-3-9/h4-11H,1-3,12-13H2,(H3,20,21)(H3,22,23);4H,1-3,9-10H2,(H,11,12). The van der Waals surface area contributed by atoms with E-state index in [1.165, 1.54) is 0 Å². The Bertz CT molecular complexity index is 928. The van der Waals surface area contributed by atoms with E-state index >= 15 is 0 Å². The number of hydrogen-bond acceptors (Lipinski definition) is 7. The summed E-state index contributed by atoms with van der Waals surface area (Å²) < 4.78 is 35.5. The van der Waals surface area contributed by atoms with Gasteiger partial charge in [-0.05, 0) is 87.2 Å².